The van der Waals surface area contributed by atoms with E-state index in [4.69, 9.17) is 16.3 Å². The van der Waals surface area contributed by atoms with Crippen molar-refractivity contribution in [3.05, 3.63) is 58.6 Å². The predicted octanol–water partition coefficient (Wildman–Crippen LogP) is 3.68. The summed E-state index contributed by atoms with van der Waals surface area (Å²) in [4.78, 5) is 14.6. The van der Waals surface area contributed by atoms with Gasteiger partial charge in [0.2, 0.25) is 0 Å². The highest BCUT2D eigenvalue weighted by Gasteiger charge is 2.52. The Balaban J connectivity index is 1.73. The molecule has 1 aliphatic heterocycles. The zero-order valence-electron chi connectivity index (χ0n) is 14.5. The molecule has 2 amide bonds. The highest BCUT2D eigenvalue weighted by molar-refractivity contribution is 6.30. The molecular weight excluding hydrogens is 352 g/mol. The third kappa shape index (κ3) is 2.81. The van der Waals surface area contributed by atoms with Gasteiger partial charge in [0.25, 0.3) is 0 Å². The topological polar surface area (TPSA) is 61.8 Å². The average Bonchev–Trinajstić information content (AvgIpc) is 3.50. The predicted molar refractivity (Wildman–Crippen MR) is 101 cm³/mol. The minimum Gasteiger partial charge on any atom is -0.497 e. The molecule has 2 aromatic carbocycles. The molecule has 136 valence electrons. The van der Waals surface area contributed by atoms with Crippen LogP contribution < -0.4 is 15.0 Å². The van der Waals surface area contributed by atoms with Gasteiger partial charge in [-0.2, -0.15) is 0 Å². The lowest BCUT2D eigenvalue weighted by Gasteiger charge is -2.43. The largest absolute Gasteiger partial charge is 0.497 e. The fourth-order valence-electron chi connectivity index (χ4n) is 3.76. The number of carbonyl (C=O) groups excluding carboxylic acids is 1. The molecule has 2 aliphatic rings. The molecule has 1 unspecified atom stereocenters. The summed E-state index contributed by atoms with van der Waals surface area (Å²) in [5.74, 6) is 1.02. The van der Waals surface area contributed by atoms with Crippen molar-refractivity contribution >= 4 is 23.3 Å². The number of nitrogens with zero attached hydrogens (tertiary/aromatic N) is 1. The first-order valence-electron chi connectivity index (χ1n) is 8.71. The van der Waals surface area contributed by atoms with E-state index in [9.17, 15) is 9.90 Å². The maximum absolute atomic E-state index is 12.9. The Kier molecular flexibility index (Phi) is 4.29. The van der Waals surface area contributed by atoms with E-state index >= 15 is 0 Å². The van der Waals surface area contributed by atoms with Crippen molar-refractivity contribution in [1.82, 2.24) is 5.32 Å². The highest BCUT2D eigenvalue weighted by Crippen LogP contribution is 2.50. The molecule has 0 saturated heterocycles. The molecule has 1 aliphatic carbocycles. The Morgan fingerprint density at radius 1 is 1.27 bits per heavy atom. The number of aliphatic hydroxyl groups is 1. The van der Waals surface area contributed by atoms with Gasteiger partial charge in [0.05, 0.1) is 31.5 Å². The second kappa shape index (κ2) is 6.49. The van der Waals surface area contributed by atoms with E-state index in [1.807, 2.05) is 36.4 Å². The van der Waals surface area contributed by atoms with Crippen LogP contribution in [0.3, 0.4) is 0 Å². The van der Waals surface area contributed by atoms with E-state index in [0.717, 1.165) is 35.4 Å². The van der Waals surface area contributed by atoms with Crippen LogP contribution in [0.2, 0.25) is 5.02 Å². The van der Waals surface area contributed by atoms with Crippen molar-refractivity contribution in [1.29, 1.82) is 0 Å². The summed E-state index contributed by atoms with van der Waals surface area (Å²) in [6.45, 7) is 0.295. The van der Waals surface area contributed by atoms with Crippen LogP contribution in [-0.2, 0) is 12.1 Å². The van der Waals surface area contributed by atoms with E-state index in [2.05, 4.69) is 5.32 Å². The van der Waals surface area contributed by atoms with Gasteiger partial charge >= 0.3 is 6.03 Å². The summed E-state index contributed by atoms with van der Waals surface area (Å²) < 4.78 is 5.19. The van der Waals surface area contributed by atoms with Crippen molar-refractivity contribution in [2.75, 3.05) is 18.6 Å². The number of hydrogen-bond donors (Lipinski definition) is 2. The summed E-state index contributed by atoms with van der Waals surface area (Å²) in [5, 5.41) is 13.8. The molecule has 1 fully saturated rings. The summed E-state index contributed by atoms with van der Waals surface area (Å²) in [5.41, 5.74) is 1.94. The SMILES string of the molecule is COc1ccc(CN2C(=O)NC(CO)(C3CC3)c3cc(Cl)ccc32)cc1. The lowest BCUT2D eigenvalue weighted by molar-refractivity contribution is 0.139. The highest BCUT2D eigenvalue weighted by atomic mass is 35.5. The number of benzene rings is 2. The number of urea groups is 1. The zero-order chi connectivity index (χ0) is 18.3. The third-order valence-corrected chi connectivity index (χ3v) is 5.56. The molecular formula is C20H21ClN2O3. The second-order valence-corrected chi connectivity index (χ2v) is 7.37. The van der Waals surface area contributed by atoms with Crippen LogP contribution in [0.1, 0.15) is 24.0 Å². The van der Waals surface area contributed by atoms with Gasteiger partial charge in [0.15, 0.2) is 0 Å². The molecule has 0 bridgehead atoms. The summed E-state index contributed by atoms with van der Waals surface area (Å²) in [6, 6.07) is 13.0. The van der Waals surface area contributed by atoms with Crippen LogP contribution in [-0.4, -0.2) is 24.9 Å². The lowest BCUT2D eigenvalue weighted by Crippen LogP contribution is -2.59. The Labute approximate surface area is 157 Å². The molecule has 4 rings (SSSR count). The van der Waals surface area contributed by atoms with Gasteiger partial charge in [0.1, 0.15) is 5.75 Å². The van der Waals surface area contributed by atoms with Gasteiger partial charge in [0, 0.05) is 10.6 Å². The Morgan fingerprint density at radius 3 is 2.62 bits per heavy atom. The van der Waals surface area contributed by atoms with Crippen molar-refractivity contribution in [2.24, 2.45) is 5.92 Å². The molecule has 0 spiro atoms. The average molecular weight is 373 g/mol. The van der Waals surface area contributed by atoms with E-state index in [0.29, 0.717) is 11.6 Å². The molecule has 2 N–H and O–H groups in total. The first kappa shape index (κ1) is 17.2. The number of aliphatic hydroxyl groups excluding tert-OH is 1. The number of carbonyl (C=O) groups is 1. The van der Waals surface area contributed by atoms with Crippen molar-refractivity contribution in [3.63, 3.8) is 0 Å². The molecule has 1 atom stereocenters. The Hall–Kier alpha value is -2.24. The number of hydrogen-bond acceptors (Lipinski definition) is 3. The number of nitrogens with one attached hydrogen (secondary N) is 1. The quantitative estimate of drug-likeness (QED) is 0.841. The molecule has 2 aromatic rings. The minimum absolute atomic E-state index is 0.132. The van der Waals surface area contributed by atoms with Gasteiger partial charge < -0.3 is 15.2 Å². The number of anilines is 1. The van der Waals surface area contributed by atoms with Crippen LogP contribution in [0, 0.1) is 5.92 Å². The van der Waals surface area contributed by atoms with Gasteiger partial charge in [-0.05, 0) is 54.7 Å². The number of ether oxygens (including phenoxy) is 1. The molecule has 26 heavy (non-hydrogen) atoms. The maximum Gasteiger partial charge on any atom is 0.322 e. The second-order valence-electron chi connectivity index (χ2n) is 6.93. The lowest BCUT2D eigenvalue weighted by atomic mass is 9.82. The van der Waals surface area contributed by atoms with E-state index in [-0.39, 0.29) is 18.6 Å². The first-order valence-corrected chi connectivity index (χ1v) is 9.08. The summed E-state index contributed by atoms with van der Waals surface area (Å²) >= 11 is 6.24. The summed E-state index contributed by atoms with van der Waals surface area (Å²) in [7, 11) is 1.62. The van der Waals surface area contributed by atoms with Gasteiger partial charge in [-0.25, -0.2) is 4.79 Å². The Bertz CT molecular complexity index is 835. The first-order chi connectivity index (χ1) is 12.6. The van der Waals surface area contributed by atoms with E-state index in [1.165, 1.54) is 0 Å². The van der Waals surface area contributed by atoms with Crippen LogP contribution in [0.15, 0.2) is 42.5 Å². The molecule has 6 heteroatoms. The minimum atomic E-state index is -0.742. The van der Waals surface area contributed by atoms with E-state index in [1.54, 1.807) is 18.1 Å². The maximum atomic E-state index is 12.9. The zero-order valence-corrected chi connectivity index (χ0v) is 15.3. The number of methoxy groups -OCH3 is 1. The van der Waals surface area contributed by atoms with Crippen LogP contribution in [0.4, 0.5) is 10.5 Å². The third-order valence-electron chi connectivity index (χ3n) is 5.33. The monoisotopic (exact) mass is 372 g/mol. The number of halogens is 1. The molecule has 0 aromatic heterocycles. The van der Waals surface area contributed by atoms with Crippen molar-refractivity contribution < 1.29 is 14.6 Å². The molecule has 5 nitrogen and oxygen atoms in total. The Morgan fingerprint density at radius 2 is 2.00 bits per heavy atom. The normalized spacial score (nSPS) is 22.0. The number of rotatable bonds is 5. The number of amides is 2. The fraction of sp³-hybridized carbons (Fsp3) is 0.350. The number of fused-ring (bicyclic) bond motifs is 1. The molecule has 1 heterocycles. The fourth-order valence-corrected chi connectivity index (χ4v) is 3.93. The van der Waals surface area contributed by atoms with Crippen molar-refractivity contribution in [3.8, 4) is 5.75 Å². The van der Waals surface area contributed by atoms with Crippen LogP contribution in [0.25, 0.3) is 0 Å². The van der Waals surface area contributed by atoms with Gasteiger partial charge in [-0.1, -0.05) is 23.7 Å². The van der Waals surface area contributed by atoms with Crippen molar-refractivity contribution in [2.45, 2.75) is 24.9 Å². The standard InChI is InChI=1S/C20H21ClN2O3/c1-26-16-7-2-13(3-8-16)11-23-18-9-6-15(21)10-17(18)20(12-24,14-4-5-14)22-19(23)25/h2-3,6-10,14,24H,4-5,11-12H2,1H3,(H,22,25). The van der Waals surface area contributed by atoms with Crippen LogP contribution in [0.5, 0.6) is 5.75 Å². The van der Waals surface area contributed by atoms with Crippen LogP contribution >= 0.6 is 11.6 Å². The molecule has 1 saturated carbocycles. The van der Waals surface area contributed by atoms with Gasteiger partial charge in [-0.15, -0.1) is 0 Å². The van der Waals surface area contributed by atoms with Gasteiger partial charge in [-0.3, -0.25) is 4.90 Å². The van der Waals surface area contributed by atoms with E-state index < -0.39 is 5.54 Å². The smallest absolute Gasteiger partial charge is 0.322 e. The molecule has 0 radical (unpaired) electrons. The summed E-state index contributed by atoms with van der Waals surface area (Å²) in [6.07, 6.45) is 1.98.